The van der Waals surface area contributed by atoms with Gasteiger partial charge in [-0.05, 0) is 61.2 Å². The van der Waals surface area contributed by atoms with Gasteiger partial charge in [-0.3, -0.25) is 13.9 Å². The number of rotatable bonds is 7. The Labute approximate surface area is 177 Å². The summed E-state index contributed by atoms with van der Waals surface area (Å²) in [5.41, 5.74) is 3.80. The van der Waals surface area contributed by atoms with E-state index in [1.807, 2.05) is 32.0 Å². The Morgan fingerprint density at radius 1 is 1.17 bits per heavy atom. The van der Waals surface area contributed by atoms with Crippen molar-refractivity contribution < 1.29 is 18.0 Å². The van der Waals surface area contributed by atoms with Gasteiger partial charge in [0, 0.05) is 24.3 Å². The van der Waals surface area contributed by atoms with Gasteiger partial charge >= 0.3 is 0 Å². The van der Waals surface area contributed by atoms with Gasteiger partial charge in [-0.15, -0.1) is 0 Å². The Hall–Kier alpha value is -2.87. The smallest absolute Gasteiger partial charge is 0.245 e. The monoisotopic (exact) mass is 429 g/mol. The van der Waals surface area contributed by atoms with Crippen LogP contribution in [0.1, 0.15) is 30.9 Å². The average molecular weight is 430 g/mol. The van der Waals surface area contributed by atoms with Crippen LogP contribution in [0.5, 0.6) is 0 Å². The summed E-state index contributed by atoms with van der Waals surface area (Å²) in [7, 11) is -3.63. The number of carbonyl (C=O) groups excluding carboxylic acids is 2. The topological polar surface area (TPSA) is 86.8 Å². The predicted molar refractivity (Wildman–Crippen MR) is 119 cm³/mol. The lowest BCUT2D eigenvalue weighted by atomic mass is 10.1. The highest BCUT2D eigenvalue weighted by molar-refractivity contribution is 7.92. The lowest BCUT2D eigenvalue weighted by Gasteiger charge is -2.22. The van der Waals surface area contributed by atoms with Crippen LogP contribution in [0.2, 0.25) is 0 Å². The summed E-state index contributed by atoms with van der Waals surface area (Å²) in [4.78, 5) is 26.3. The molecule has 0 aromatic heterocycles. The lowest BCUT2D eigenvalue weighted by molar-refractivity contribution is -0.117. The number of nitrogens with one attached hydrogen (secondary N) is 1. The molecule has 1 aliphatic heterocycles. The van der Waals surface area contributed by atoms with Gasteiger partial charge in [0.1, 0.15) is 6.54 Å². The molecule has 1 aliphatic rings. The molecule has 1 N–H and O–H groups in total. The molecule has 0 unspecified atom stereocenters. The summed E-state index contributed by atoms with van der Waals surface area (Å²) in [6.07, 6.45) is 3.33. The molecule has 1 saturated heterocycles. The maximum Gasteiger partial charge on any atom is 0.245 e. The minimum Gasteiger partial charge on any atom is -0.325 e. The molecule has 8 heteroatoms. The predicted octanol–water partition coefficient (Wildman–Crippen LogP) is 3.09. The van der Waals surface area contributed by atoms with E-state index in [2.05, 4.69) is 5.32 Å². The van der Waals surface area contributed by atoms with Crippen molar-refractivity contribution >= 4 is 38.9 Å². The minimum absolute atomic E-state index is 0.104. The molecule has 2 amide bonds. The number of benzene rings is 2. The van der Waals surface area contributed by atoms with E-state index in [9.17, 15) is 18.0 Å². The second-order valence-corrected chi connectivity index (χ2v) is 9.39. The molecular weight excluding hydrogens is 402 g/mol. The van der Waals surface area contributed by atoms with Gasteiger partial charge in [0.15, 0.2) is 0 Å². The summed E-state index contributed by atoms with van der Waals surface area (Å²) in [5, 5.41) is 2.76. The highest BCUT2D eigenvalue weighted by atomic mass is 32.2. The fourth-order valence-electron chi connectivity index (χ4n) is 3.57. The number of anilines is 3. The van der Waals surface area contributed by atoms with Crippen LogP contribution in [0, 0.1) is 6.92 Å². The molecule has 0 spiro atoms. The average Bonchev–Trinajstić information content (AvgIpc) is 3.11. The zero-order valence-corrected chi connectivity index (χ0v) is 18.3. The molecule has 2 aromatic carbocycles. The molecule has 1 heterocycles. The summed E-state index contributed by atoms with van der Waals surface area (Å²) in [6.45, 7) is 4.28. The van der Waals surface area contributed by atoms with E-state index < -0.39 is 15.9 Å². The Morgan fingerprint density at radius 3 is 2.40 bits per heavy atom. The van der Waals surface area contributed by atoms with Gasteiger partial charge in [0.2, 0.25) is 21.8 Å². The van der Waals surface area contributed by atoms with Gasteiger partial charge in [-0.2, -0.15) is 0 Å². The highest BCUT2D eigenvalue weighted by Gasteiger charge is 2.24. The first-order valence-electron chi connectivity index (χ1n) is 9.96. The van der Waals surface area contributed by atoms with Crippen molar-refractivity contribution in [2.45, 2.75) is 33.1 Å². The molecule has 0 bridgehead atoms. The summed E-state index contributed by atoms with van der Waals surface area (Å²) < 4.78 is 25.6. The van der Waals surface area contributed by atoms with Crippen LogP contribution < -0.4 is 14.5 Å². The Balaban J connectivity index is 1.73. The molecule has 160 valence electrons. The van der Waals surface area contributed by atoms with Crippen LogP contribution in [0.3, 0.4) is 0 Å². The zero-order chi connectivity index (χ0) is 21.9. The van der Waals surface area contributed by atoms with Crippen molar-refractivity contribution in [2.75, 3.05) is 33.9 Å². The van der Waals surface area contributed by atoms with Crippen LogP contribution in [-0.4, -0.2) is 39.6 Å². The van der Waals surface area contributed by atoms with E-state index in [1.54, 1.807) is 29.2 Å². The molecule has 30 heavy (non-hydrogen) atoms. The maximum absolute atomic E-state index is 12.6. The zero-order valence-electron chi connectivity index (χ0n) is 17.5. The molecule has 3 rings (SSSR count). The Kier molecular flexibility index (Phi) is 6.45. The molecule has 2 aromatic rings. The van der Waals surface area contributed by atoms with E-state index in [4.69, 9.17) is 0 Å². The van der Waals surface area contributed by atoms with E-state index in [0.29, 0.717) is 24.3 Å². The van der Waals surface area contributed by atoms with Gasteiger partial charge in [-0.25, -0.2) is 8.42 Å². The molecule has 0 radical (unpaired) electrons. The normalized spacial score (nSPS) is 14.1. The van der Waals surface area contributed by atoms with Crippen molar-refractivity contribution in [1.82, 2.24) is 0 Å². The van der Waals surface area contributed by atoms with Crippen molar-refractivity contribution in [1.29, 1.82) is 0 Å². The van der Waals surface area contributed by atoms with Crippen molar-refractivity contribution in [3.8, 4) is 0 Å². The molecule has 0 atom stereocenters. The first-order chi connectivity index (χ1) is 14.2. The molecule has 7 nitrogen and oxygen atoms in total. The number of hydrogen-bond acceptors (Lipinski definition) is 4. The van der Waals surface area contributed by atoms with Crippen molar-refractivity contribution in [3.05, 3.63) is 53.6 Å². The second kappa shape index (κ2) is 8.87. The second-order valence-electron chi connectivity index (χ2n) is 7.49. The van der Waals surface area contributed by atoms with E-state index >= 15 is 0 Å². The molecule has 0 aliphatic carbocycles. The minimum atomic E-state index is -3.63. The summed E-state index contributed by atoms with van der Waals surface area (Å²) >= 11 is 0. The highest BCUT2D eigenvalue weighted by Crippen LogP contribution is 2.27. The first kappa shape index (κ1) is 21.8. The van der Waals surface area contributed by atoms with Gasteiger partial charge < -0.3 is 10.2 Å². The third-order valence-electron chi connectivity index (χ3n) is 5.16. The van der Waals surface area contributed by atoms with Crippen LogP contribution in [-0.2, 0) is 26.0 Å². The number of sulfonamides is 1. The Morgan fingerprint density at radius 2 is 1.87 bits per heavy atom. The van der Waals surface area contributed by atoms with Gasteiger partial charge in [-0.1, -0.05) is 19.1 Å². The summed E-state index contributed by atoms with van der Waals surface area (Å²) in [6, 6.07) is 12.5. The van der Waals surface area contributed by atoms with Crippen molar-refractivity contribution in [3.63, 3.8) is 0 Å². The van der Waals surface area contributed by atoms with E-state index in [0.717, 1.165) is 40.2 Å². The van der Waals surface area contributed by atoms with Crippen molar-refractivity contribution in [2.24, 2.45) is 0 Å². The number of nitrogens with zero attached hydrogens (tertiary/aromatic N) is 2. The molecule has 0 saturated carbocycles. The van der Waals surface area contributed by atoms with Crippen LogP contribution in [0.15, 0.2) is 42.5 Å². The van der Waals surface area contributed by atoms with Crippen LogP contribution in [0.25, 0.3) is 0 Å². The fourth-order valence-corrected chi connectivity index (χ4v) is 4.42. The maximum atomic E-state index is 12.6. The third-order valence-corrected chi connectivity index (χ3v) is 6.31. The SMILES string of the molecule is CCc1ccc(N(CC(=O)Nc2ccc(N3CCCC3=O)c(C)c2)S(C)(=O)=O)cc1. The summed E-state index contributed by atoms with van der Waals surface area (Å²) in [5.74, 6) is -0.336. The Bertz CT molecular complexity index is 1050. The first-order valence-corrected chi connectivity index (χ1v) is 11.8. The van der Waals surface area contributed by atoms with E-state index in [1.165, 1.54) is 0 Å². The fraction of sp³-hybridized carbons (Fsp3) is 0.364. The lowest BCUT2D eigenvalue weighted by Crippen LogP contribution is -2.37. The number of amides is 2. The van der Waals surface area contributed by atoms with Gasteiger partial charge in [0.25, 0.3) is 0 Å². The molecular formula is C22H27N3O4S. The van der Waals surface area contributed by atoms with Gasteiger partial charge in [0.05, 0.1) is 11.9 Å². The van der Waals surface area contributed by atoms with Crippen LogP contribution in [0.4, 0.5) is 17.1 Å². The standard InChI is InChI=1S/C22H27N3O4S/c1-4-17-7-10-19(11-8-17)25(30(3,28)29)15-21(26)23-18-9-12-20(16(2)14-18)24-13-5-6-22(24)27/h7-12,14H,4-6,13,15H2,1-3H3,(H,23,26). The van der Waals surface area contributed by atoms with Crippen LogP contribution >= 0.6 is 0 Å². The third kappa shape index (κ3) is 4.99. The largest absolute Gasteiger partial charge is 0.325 e. The number of aryl methyl sites for hydroxylation is 2. The van der Waals surface area contributed by atoms with E-state index in [-0.39, 0.29) is 12.5 Å². The molecule has 1 fully saturated rings. The quantitative estimate of drug-likeness (QED) is 0.733. The number of carbonyl (C=O) groups is 2. The number of hydrogen-bond donors (Lipinski definition) is 1.